The van der Waals surface area contributed by atoms with Crippen molar-refractivity contribution in [3.63, 3.8) is 0 Å². The second kappa shape index (κ2) is 8.26. The lowest BCUT2D eigenvalue weighted by Gasteiger charge is -2.17. The van der Waals surface area contributed by atoms with Crippen molar-refractivity contribution < 1.29 is 61.4 Å². The number of H-pyrrole nitrogens is 2. The molecule has 1 aromatic heterocycles. The van der Waals surface area contributed by atoms with Crippen molar-refractivity contribution in [3.8, 4) is 0 Å². The second-order valence-electron chi connectivity index (χ2n) is 5.18. The van der Waals surface area contributed by atoms with Crippen LogP contribution in [0.4, 0.5) is 0 Å². The summed E-state index contributed by atoms with van der Waals surface area (Å²) in [5, 5.41) is 19.7. The lowest BCUT2D eigenvalue weighted by atomic mass is 10.1. The molecule has 1 aromatic rings. The molecule has 2 heterocycles. The van der Waals surface area contributed by atoms with Crippen LogP contribution in [0.25, 0.3) is 0 Å². The number of rotatable bonds is 8. The zero-order valence-electron chi connectivity index (χ0n) is 13.6. The van der Waals surface area contributed by atoms with Crippen molar-refractivity contribution in [2.75, 3.05) is 6.61 Å². The summed E-state index contributed by atoms with van der Waals surface area (Å²) < 4.78 is 49.6. The van der Waals surface area contributed by atoms with E-state index in [0.717, 1.165) is 6.20 Å². The average Bonchev–Trinajstić information content (AvgIpc) is 2.78. The van der Waals surface area contributed by atoms with Gasteiger partial charge in [-0.3, -0.25) is 14.3 Å². The molecule has 0 radical (unpaired) electrons. The van der Waals surface area contributed by atoms with Gasteiger partial charge in [-0.25, -0.2) is 18.5 Å². The minimum atomic E-state index is -5.74. The SMILES string of the molecule is O=c1[nH]cc([C@@H]2OC(COP(=O)(O)OP(=O)(O)OP(=O)(O)O)=C(O)C2O)c(=O)[nH]1. The Balaban J connectivity index is 2.09. The van der Waals surface area contributed by atoms with Crippen LogP contribution in [0.1, 0.15) is 11.7 Å². The average molecular weight is 482 g/mol. The molecular weight excluding hydrogens is 469 g/mol. The third kappa shape index (κ3) is 6.44. The fraction of sp³-hybridized carbons (Fsp3) is 0.333. The molecule has 0 aliphatic carbocycles. The number of aromatic amines is 2. The molecule has 164 valence electrons. The fourth-order valence-corrected chi connectivity index (χ4v) is 4.98. The Bertz CT molecular complexity index is 1070. The molecule has 1 aliphatic rings. The van der Waals surface area contributed by atoms with E-state index in [1.807, 2.05) is 4.98 Å². The van der Waals surface area contributed by atoms with Gasteiger partial charge in [0.25, 0.3) is 5.56 Å². The minimum absolute atomic E-state index is 0.336. The van der Waals surface area contributed by atoms with Crippen LogP contribution < -0.4 is 11.2 Å². The predicted molar refractivity (Wildman–Crippen MR) is 87.0 cm³/mol. The summed E-state index contributed by atoms with van der Waals surface area (Å²) in [6.07, 6.45) is -2.54. The number of hydrogen-bond acceptors (Lipinski definition) is 11. The Labute approximate surface area is 158 Å². The second-order valence-corrected chi connectivity index (χ2v) is 9.60. The van der Waals surface area contributed by atoms with Gasteiger partial charge in [0.2, 0.25) is 0 Å². The van der Waals surface area contributed by atoms with Crippen LogP contribution in [0, 0.1) is 0 Å². The van der Waals surface area contributed by atoms with Crippen molar-refractivity contribution in [2.45, 2.75) is 12.2 Å². The first-order chi connectivity index (χ1) is 13.1. The van der Waals surface area contributed by atoms with Gasteiger partial charge >= 0.3 is 29.2 Å². The molecule has 4 atom stereocenters. The van der Waals surface area contributed by atoms with Crippen LogP contribution in [0.5, 0.6) is 0 Å². The third-order valence-corrected chi connectivity index (χ3v) is 6.83. The van der Waals surface area contributed by atoms with Crippen LogP contribution in [-0.4, -0.2) is 52.5 Å². The van der Waals surface area contributed by atoms with Crippen LogP contribution in [-0.2, 0) is 31.6 Å². The lowest BCUT2D eigenvalue weighted by Crippen LogP contribution is -2.29. The minimum Gasteiger partial charge on any atom is -0.506 e. The largest absolute Gasteiger partial charge is 0.506 e. The molecule has 0 saturated carbocycles. The van der Waals surface area contributed by atoms with Gasteiger partial charge in [0.15, 0.2) is 23.7 Å². The summed E-state index contributed by atoms with van der Waals surface area (Å²) >= 11 is 0. The van der Waals surface area contributed by atoms with Crippen LogP contribution >= 0.6 is 23.5 Å². The first kappa shape index (κ1) is 23.7. The summed E-state index contributed by atoms with van der Waals surface area (Å²) in [6, 6.07) is 0. The number of nitrogens with one attached hydrogen (secondary N) is 2. The maximum Gasteiger partial charge on any atom is 0.490 e. The summed E-state index contributed by atoms with van der Waals surface area (Å²) in [6.45, 7) is -1.16. The molecule has 0 saturated heterocycles. The van der Waals surface area contributed by atoms with Gasteiger partial charge in [-0.1, -0.05) is 0 Å². The number of aromatic nitrogens is 2. The standard InChI is InChI=1S/C9H13N2O15P3/c12-5-4(2-23-28(19,20)26-29(21,22)25-27(16,17)18)24-7(6(5)13)3-1-10-9(15)11-8(3)14/h1,6-7,12-13H,2H2,(H,19,20)(H,21,22)(H2,16,17,18)(H2,10,11,14,15)/t6?,7-/m0/s1. The van der Waals surface area contributed by atoms with Gasteiger partial charge in [-0.2, -0.15) is 8.62 Å². The summed E-state index contributed by atoms with van der Waals surface area (Å²) in [5.74, 6) is -1.64. The number of aliphatic hydroxyl groups excluding tert-OH is 2. The summed E-state index contributed by atoms with van der Waals surface area (Å²) in [5.41, 5.74) is -2.17. The zero-order valence-corrected chi connectivity index (χ0v) is 16.3. The van der Waals surface area contributed by atoms with Gasteiger partial charge in [-0.15, -0.1) is 0 Å². The molecule has 0 amide bonds. The van der Waals surface area contributed by atoms with E-state index in [1.54, 1.807) is 0 Å². The molecule has 2 rings (SSSR count). The van der Waals surface area contributed by atoms with Crippen molar-refractivity contribution in [1.82, 2.24) is 9.97 Å². The molecule has 29 heavy (non-hydrogen) atoms. The Morgan fingerprint density at radius 1 is 1.07 bits per heavy atom. The fourth-order valence-electron chi connectivity index (χ4n) is 2.00. The van der Waals surface area contributed by atoms with Gasteiger partial charge < -0.3 is 39.5 Å². The highest BCUT2D eigenvalue weighted by molar-refractivity contribution is 7.66. The number of hydrogen-bond donors (Lipinski definition) is 8. The van der Waals surface area contributed by atoms with Crippen LogP contribution in [0.15, 0.2) is 27.3 Å². The highest BCUT2D eigenvalue weighted by atomic mass is 31.3. The lowest BCUT2D eigenvalue weighted by molar-refractivity contribution is 0.0309. The van der Waals surface area contributed by atoms with E-state index >= 15 is 0 Å². The molecule has 20 heteroatoms. The zero-order chi connectivity index (χ0) is 22.2. The van der Waals surface area contributed by atoms with Crippen molar-refractivity contribution >= 4 is 23.5 Å². The van der Waals surface area contributed by atoms with Crippen LogP contribution in [0.2, 0.25) is 0 Å². The van der Waals surface area contributed by atoms with E-state index in [0.29, 0.717) is 0 Å². The summed E-state index contributed by atoms with van der Waals surface area (Å²) in [7, 11) is -16.8. The maximum absolute atomic E-state index is 11.7. The van der Waals surface area contributed by atoms with E-state index in [1.165, 1.54) is 0 Å². The number of phosphoric acid groups is 3. The van der Waals surface area contributed by atoms with Crippen LogP contribution in [0.3, 0.4) is 0 Å². The monoisotopic (exact) mass is 482 g/mol. The molecule has 3 unspecified atom stereocenters. The smallest absolute Gasteiger partial charge is 0.490 e. The molecule has 17 nitrogen and oxygen atoms in total. The third-order valence-electron chi connectivity index (χ3n) is 3.05. The van der Waals surface area contributed by atoms with E-state index in [9.17, 15) is 38.4 Å². The molecule has 8 N–H and O–H groups in total. The highest BCUT2D eigenvalue weighted by Gasteiger charge is 2.43. The summed E-state index contributed by atoms with van der Waals surface area (Å²) in [4.78, 5) is 61.9. The Hall–Kier alpha value is -1.61. The molecular formula is C9H13N2O15P3. The normalized spacial score (nSPS) is 24.0. The van der Waals surface area contributed by atoms with Gasteiger partial charge in [0, 0.05) is 6.20 Å². The maximum atomic E-state index is 11.7. The van der Waals surface area contributed by atoms with Crippen molar-refractivity contribution in [3.05, 3.63) is 44.1 Å². The highest BCUT2D eigenvalue weighted by Crippen LogP contribution is 2.66. The number of aliphatic hydroxyl groups is 2. The first-order valence-corrected chi connectivity index (χ1v) is 11.5. The topological polar surface area (TPSA) is 275 Å². The van der Waals surface area contributed by atoms with Gasteiger partial charge in [-0.05, 0) is 0 Å². The Kier molecular flexibility index (Phi) is 6.74. The van der Waals surface area contributed by atoms with Gasteiger partial charge in [0.05, 0.1) is 5.56 Å². The molecule has 0 aromatic carbocycles. The van der Waals surface area contributed by atoms with E-state index in [-0.39, 0.29) is 5.56 Å². The van der Waals surface area contributed by atoms with E-state index in [4.69, 9.17) is 19.4 Å². The quantitative estimate of drug-likeness (QED) is 0.198. The molecule has 0 fully saturated rings. The molecule has 1 aliphatic heterocycles. The van der Waals surface area contributed by atoms with E-state index in [2.05, 4.69) is 18.1 Å². The van der Waals surface area contributed by atoms with E-state index < -0.39 is 65.1 Å². The Morgan fingerprint density at radius 3 is 2.24 bits per heavy atom. The van der Waals surface area contributed by atoms with Crippen molar-refractivity contribution in [2.24, 2.45) is 0 Å². The Morgan fingerprint density at radius 2 is 1.69 bits per heavy atom. The number of ether oxygens (including phenoxy) is 1. The van der Waals surface area contributed by atoms with Gasteiger partial charge in [0.1, 0.15) is 6.61 Å². The molecule has 0 bridgehead atoms. The first-order valence-electron chi connectivity index (χ1n) is 6.97. The number of phosphoric ester groups is 1. The predicted octanol–water partition coefficient (Wildman–Crippen LogP) is -1.39. The molecule has 0 spiro atoms. The van der Waals surface area contributed by atoms with Crippen molar-refractivity contribution in [1.29, 1.82) is 0 Å².